The summed E-state index contributed by atoms with van der Waals surface area (Å²) in [7, 11) is 0. The van der Waals surface area contributed by atoms with Gasteiger partial charge in [0, 0.05) is 6.42 Å². The van der Waals surface area contributed by atoms with Gasteiger partial charge in [0.1, 0.15) is 23.4 Å². The number of nitrogen functional groups attached to an aromatic ring is 1. The Kier molecular flexibility index (Phi) is 2.73. The lowest BCUT2D eigenvalue weighted by atomic mass is 10.2. The minimum atomic E-state index is -0.786. The fourth-order valence-electron chi connectivity index (χ4n) is 2.26. The van der Waals surface area contributed by atoms with Crippen LogP contribution in [-0.4, -0.2) is 48.8 Å². The highest BCUT2D eigenvalue weighted by Crippen LogP contribution is 2.30. The van der Waals surface area contributed by atoms with Crippen molar-refractivity contribution in [1.82, 2.24) is 19.7 Å². The number of H-pyrrole nitrogens is 1. The Bertz CT molecular complexity index is 665. The molecule has 0 spiro atoms. The van der Waals surface area contributed by atoms with Crippen LogP contribution in [0.15, 0.2) is 11.1 Å². The number of aliphatic hydroxyl groups excluding tert-OH is 2. The van der Waals surface area contributed by atoms with Gasteiger partial charge in [-0.15, -0.1) is 0 Å². The number of nitrogens with zero attached hydrogens (tertiary/aromatic N) is 3. The third-order valence-corrected chi connectivity index (χ3v) is 3.22. The molecule has 5 N–H and O–H groups in total. The van der Waals surface area contributed by atoms with Crippen LogP contribution in [0.5, 0.6) is 0 Å². The van der Waals surface area contributed by atoms with Gasteiger partial charge in [0.2, 0.25) is 0 Å². The quantitative estimate of drug-likeness (QED) is 0.510. The van der Waals surface area contributed by atoms with Crippen molar-refractivity contribution >= 4 is 16.9 Å². The lowest BCUT2D eigenvalue weighted by Gasteiger charge is -2.13. The molecule has 3 atom stereocenters. The van der Waals surface area contributed by atoms with E-state index in [1.165, 1.54) is 10.9 Å². The van der Waals surface area contributed by atoms with Crippen LogP contribution in [0.2, 0.25) is 0 Å². The van der Waals surface area contributed by atoms with E-state index < -0.39 is 24.0 Å². The van der Waals surface area contributed by atoms with E-state index in [4.69, 9.17) is 15.6 Å². The summed E-state index contributed by atoms with van der Waals surface area (Å²) in [6.07, 6.45) is -0.348. The predicted octanol–water partition coefficient (Wildman–Crippen LogP) is -1.66. The van der Waals surface area contributed by atoms with E-state index >= 15 is 0 Å². The van der Waals surface area contributed by atoms with Crippen molar-refractivity contribution in [3.05, 3.63) is 16.7 Å². The molecule has 0 bridgehead atoms. The van der Waals surface area contributed by atoms with Crippen LogP contribution < -0.4 is 11.3 Å². The van der Waals surface area contributed by atoms with Crippen LogP contribution in [0.4, 0.5) is 5.82 Å². The van der Waals surface area contributed by atoms with Crippen molar-refractivity contribution < 1.29 is 14.9 Å². The SMILES string of the molecule is Nc1n[nH]c(=O)c2c1ncn2[C@H]1C[C@@H](O)[C@@H](CO)O1. The molecule has 9 nitrogen and oxygen atoms in total. The molecule has 0 aromatic carbocycles. The fraction of sp³-hybridized carbons (Fsp3) is 0.500. The lowest BCUT2D eigenvalue weighted by Crippen LogP contribution is -2.24. The van der Waals surface area contributed by atoms with Gasteiger partial charge in [-0.2, -0.15) is 5.10 Å². The lowest BCUT2D eigenvalue weighted by molar-refractivity contribution is -0.0431. The van der Waals surface area contributed by atoms with Crippen molar-refractivity contribution in [2.24, 2.45) is 0 Å². The number of nitrogens with two attached hydrogens (primary N) is 1. The molecule has 2 aromatic rings. The van der Waals surface area contributed by atoms with Crippen molar-refractivity contribution in [2.75, 3.05) is 12.3 Å². The first-order valence-electron chi connectivity index (χ1n) is 5.77. The summed E-state index contributed by atoms with van der Waals surface area (Å²) in [6.45, 7) is -0.287. The van der Waals surface area contributed by atoms with Crippen LogP contribution in [-0.2, 0) is 4.74 Å². The molecule has 0 aliphatic carbocycles. The first kappa shape index (κ1) is 12.1. The Morgan fingerprint density at radius 2 is 2.42 bits per heavy atom. The summed E-state index contributed by atoms with van der Waals surface area (Å²) in [5, 5.41) is 24.7. The van der Waals surface area contributed by atoms with Gasteiger partial charge in [-0.05, 0) is 0 Å². The number of rotatable bonds is 2. The van der Waals surface area contributed by atoms with Gasteiger partial charge >= 0.3 is 0 Å². The number of aromatic nitrogens is 4. The van der Waals surface area contributed by atoms with Crippen molar-refractivity contribution in [3.8, 4) is 0 Å². The number of nitrogens with one attached hydrogen (secondary N) is 1. The first-order valence-corrected chi connectivity index (χ1v) is 5.77. The minimum Gasteiger partial charge on any atom is -0.394 e. The molecule has 1 fully saturated rings. The molecule has 0 radical (unpaired) electrons. The number of imidazole rings is 1. The average Bonchev–Trinajstić information content (AvgIpc) is 2.97. The molecule has 0 amide bonds. The monoisotopic (exact) mass is 267 g/mol. The van der Waals surface area contributed by atoms with Crippen LogP contribution in [0.1, 0.15) is 12.6 Å². The maximum atomic E-state index is 11.8. The molecule has 0 saturated carbocycles. The molecule has 1 saturated heterocycles. The zero-order valence-electron chi connectivity index (χ0n) is 9.85. The zero-order chi connectivity index (χ0) is 13.6. The number of fused-ring (bicyclic) bond motifs is 1. The Morgan fingerprint density at radius 3 is 3.11 bits per heavy atom. The Morgan fingerprint density at radius 1 is 1.63 bits per heavy atom. The third-order valence-electron chi connectivity index (χ3n) is 3.22. The third kappa shape index (κ3) is 1.79. The molecule has 3 rings (SSSR count). The van der Waals surface area contributed by atoms with E-state index in [0.717, 1.165) is 0 Å². The molecule has 19 heavy (non-hydrogen) atoms. The maximum Gasteiger partial charge on any atom is 0.290 e. The number of ether oxygens (including phenoxy) is 1. The number of aromatic amines is 1. The molecular formula is C10H13N5O4. The standard InChI is InChI=1S/C10H13N5O4/c11-9-7-8(10(18)14-13-9)15(3-12-7)6-1-4(17)5(2-16)19-6/h3-6,16-17H,1-2H2,(H2,11,13)(H,14,18)/t4-,5-,6-/m1/s1. The summed E-state index contributed by atoms with van der Waals surface area (Å²) in [4.78, 5) is 15.8. The highest BCUT2D eigenvalue weighted by molar-refractivity contribution is 5.83. The van der Waals surface area contributed by atoms with Crippen molar-refractivity contribution in [3.63, 3.8) is 0 Å². The topological polar surface area (TPSA) is 139 Å². The number of aliphatic hydroxyl groups is 2. The summed E-state index contributed by atoms with van der Waals surface area (Å²) < 4.78 is 6.97. The summed E-state index contributed by atoms with van der Waals surface area (Å²) in [5.74, 6) is 0.116. The van der Waals surface area contributed by atoms with Crippen molar-refractivity contribution in [2.45, 2.75) is 24.9 Å². The van der Waals surface area contributed by atoms with Crippen LogP contribution in [0, 0.1) is 0 Å². The van der Waals surface area contributed by atoms with Crippen LogP contribution in [0.25, 0.3) is 11.0 Å². The Hall–Kier alpha value is -1.97. The average molecular weight is 267 g/mol. The smallest absolute Gasteiger partial charge is 0.290 e. The maximum absolute atomic E-state index is 11.8. The first-order chi connectivity index (χ1) is 9.11. The van der Waals surface area contributed by atoms with Gasteiger partial charge in [-0.25, -0.2) is 10.1 Å². The molecule has 1 aliphatic rings. The number of hydrogen-bond donors (Lipinski definition) is 4. The second kappa shape index (κ2) is 4.30. The van der Waals surface area contributed by atoms with Crippen LogP contribution in [0.3, 0.4) is 0 Å². The van der Waals surface area contributed by atoms with Gasteiger partial charge in [-0.3, -0.25) is 9.36 Å². The van der Waals surface area contributed by atoms with E-state index in [-0.39, 0.29) is 29.9 Å². The molecule has 3 heterocycles. The second-order valence-electron chi connectivity index (χ2n) is 4.40. The number of anilines is 1. The van der Waals surface area contributed by atoms with Gasteiger partial charge in [-0.1, -0.05) is 0 Å². The number of hydrogen-bond acceptors (Lipinski definition) is 7. The van der Waals surface area contributed by atoms with E-state index in [0.29, 0.717) is 0 Å². The van der Waals surface area contributed by atoms with E-state index in [1.807, 2.05) is 0 Å². The molecule has 2 aromatic heterocycles. The van der Waals surface area contributed by atoms with Crippen molar-refractivity contribution in [1.29, 1.82) is 0 Å². The highest BCUT2D eigenvalue weighted by atomic mass is 16.5. The molecule has 102 valence electrons. The Balaban J connectivity index is 2.08. The summed E-state index contributed by atoms with van der Waals surface area (Å²) in [5.41, 5.74) is 5.72. The normalized spacial score (nSPS) is 27.2. The Labute approximate surface area is 106 Å². The van der Waals surface area contributed by atoms with Gasteiger partial charge in [0.25, 0.3) is 5.56 Å². The molecule has 9 heteroatoms. The summed E-state index contributed by atoms with van der Waals surface area (Å²) >= 11 is 0. The predicted molar refractivity (Wildman–Crippen MR) is 64.2 cm³/mol. The molecule has 1 aliphatic heterocycles. The molecule has 0 unspecified atom stereocenters. The van der Waals surface area contributed by atoms with Crippen LogP contribution >= 0.6 is 0 Å². The fourth-order valence-corrected chi connectivity index (χ4v) is 2.26. The summed E-state index contributed by atoms with van der Waals surface area (Å²) in [6, 6.07) is 0. The van der Waals surface area contributed by atoms with Gasteiger partial charge < -0.3 is 20.7 Å². The highest BCUT2D eigenvalue weighted by Gasteiger charge is 2.35. The molecular weight excluding hydrogens is 254 g/mol. The van der Waals surface area contributed by atoms with E-state index in [9.17, 15) is 9.90 Å². The van der Waals surface area contributed by atoms with Gasteiger partial charge in [0.15, 0.2) is 5.82 Å². The minimum absolute atomic E-state index is 0.116. The van der Waals surface area contributed by atoms with E-state index in [1.54, 1.807) is 0 Å². The van der Waals surface area contributed by atoms with E-state index in [2.05, 4.69) is 15.2 Å². The largest absolute Gasteiger partial charge is 0.394 e. The zero-order valence-corrected chi connectivity index (χ0v) is 9.85. The van der Waals surface area contributed by atoms with Gasteiger partial charge in [0.05, 0.1) is 19.0 Å². The second-order valence-corrected chi connectivity index (χ2v) is 4.40.